The number of hydrogen-bond acceptors (Lipinski definition) is 9. The van der Waals surface area contributed by atoms with Crippen molar-refractivity contribution in [2.75, 3.05) is 13.7 Å². The van der Waals surface area contributed by atoms with Crippen LogP contribution in [0.1, 0.15) is 62.5 Å². The number of methoxy groups -OCH3 is 1. The van der Waals surface area contributed by atoms with Crippen molar-refractivity contribution < 1.29 is 44.3 Å². The predicted molar refractivity (Wildman–Crippen MR) is 161 cm³/mol. The van der Waals surface area contributed by atoms with E-state index in [0.717, 1.165) is 18.1 Å². The van der Waals surface area contributed by atoms with Crippen molar-refractivity contribution in [3.05, 3.63) is 75.8 Å². The summed E-state index contributed by atoms with van der Waals surface area (Å²) in [7, 11) is 1.46. The molecule has 0 heterocycles. The number of phenols is 1. The highest BCUT2D eigenvalue weighted by Crippen LogP contribution is 2.65. The summed E-state index contributed by atoms with van der Waals surface area (Å²) in [6.07, 6.45) is 0.385. The van der Waals surface area contributed by atoms with Crippen LogP contribution in [0.5, 0.6) is 5.75 Å². The van der Waals surface area contributed by atoms with E-state index in [0.29, 0.717) is 11.1 Å². The van der Waals surface area contributed by atoms with Crippen molar-refractivity contribution in [2.45, 2.75) is 59.5 Å². The van der Waals surface area contributed by atoms with Crippen LogP contribution in [0.2, 0.25) is 0 Å². The zero-order valence-corrected chi connectivity index (χ0v) is 25.8. The number of allylic oxidation sites excluding steroid dienone is 2. The Kier molecular flexibility index (Phi) is 7.50. The number of aromatic hydroxyl groups is 1. The number of carbonyl (C=O) groups is 4. The summed E-state index contributed by atoms with van der Waals surface area (Å²) in [6.45, 7) is 8.08. The number of fused-ring (bicyclic) bond motifs is 3. The van der Waals surface area contributed by atoms with Gasteiger partial charge in [-0.1, -0.05) is 58.0 Å². The molecule has 3 aliphatic rings. The molecule has 5 rings (SSSR count). The Balaban J connectivity index is 1.69. The molecule has 0 bridgehead atoms. The maximum Gasteiger partial charge on any atom is 0.209 e. The van der Waals surface area contributed by atoms with Gasteiger partial charge in [0.1, 0.15) is 29.4 Å². The normalized spacial score (nSPS) is 28.1. The van der Waals surface area contributed by atoms with Crippen molar-refractivity contribution in [1.29, 1.82) is 0 Å². The van der Waals surface area contributed by atoms with Crippen molar-refractivity contribution in [1.82, 2.24) is 0 Å². The second-order valence-corrected chi connectivity index (χ2v) is 13.3. The Morgan fingerprint density at radius 3 is 2.23 bits per heavy atom. The van der Waals surface area contributed by atoms with Gasteiger partial charge in [-0.25, -0.2) is 0 Å². The van der Waals surface area contributed by atoms with E-state index in [1.807, 2.05) is 24.3 Å². The Hall–Kier alpha value is -4.08. The number of rotatable bonds is 7. The van der Waals surface area contributed by atoms with Gasteiger partial charge in [-0.3, -0.25) is 19.2 Å². The average molecular weight is 603 g/mol. The average Bonchev–Trinajstić information content (AvgIpc) is 2.91. The maximum atomic E-state index is 14.3. The summed E-state index contributed by atoms with van der Waals surface area (Å²) in [4.78, 5) is 52.7. The van der Waals surface area contributed by atoms with Gasteiger partial charge in [0.15, 0.2) is 23.0 Å². The lowest BCUT2D eigenvalue weighted by atomic mass is 9.44. The molecule has 0 saturated carbocycles. The van der Waals surface area contributed by atoms with Crippen LogP contribution in [0.25, 0.3) is 11.1 Å². The first-order valence-electron chi connectivity index (χ1n) is 14.7. The lowest BCUT2D eigenvalue weighted by Gasteiger charge is -2.59. The van der Waals surface area contributed by atoms with Gasteiger partial charge in [-0.15, -0.1) is 0 Å². The second-order valence-electron chi connectivity index (χ2n) is 13.3. The van der Waals surface area contributed by atoms with Gasteiger partial charge in [0.05, 0.1) is 5.56 Å². The lowest BCUT2D eigenvalue weighted by molar-refractivity contribution is -0.171. The number of phenolic OH excluding ortho intramolecular Hbond substituents is 1. The number of aliphatic hydroxyl groups is 3. The minimum atomic E-state index is -2.65. The molecular formula is C35H38O9. The Morgan fingerprint density at radius 2 is 1.66 bits per heavy atom. The fourth-order valence-corrected chi connectivity index (χ4v) is 8.24. The van der Waals surface area contributed by atoms with Crippen LogP contribution in [-0.4, -0.2) is 62.9 Å². The number of benzene rings is 2. The molecule has 0 saturated heterocycles. The van der Waals surface area contributed by atoms with E-state index in [9.17, 15) is 39.6 Å². The van der Waals surface area contributed by atoms with E-state index in [2.05, 4.69) is 0 Å². The number of aliphatic hydroxyl groups excluding tert-OH is 2. The van der Waals surface area contributed by atoms with E-state index in [-0.39, 0.29) is 54.5 Å². The van der Waals surface area contributed by atoms with Crippen LogP contribution >= 0.6 is 0 Å². The summed E-state index contributed by atoms with van der Waals surface area (Å²) in [6, 6.07) is 10.4. The molecular weight excluding hydrogens is 564 g/mol. The largest absolute Gasteiger partial charge is 0.511 e. The van der Waals surface area contributed by atoms with Crippen molar-refractivity contribution in [3.63, 3.8) is 0 Å². The number of ketones is 4. The second kappa shape index (κ2) is 10.5. The van der Waals surface area contributed by atoms with Crippen LogP contribution in [0.4, 0.5) is 0 Å². The van der Waals surface area contributed by atoms with E-state index in [1.54, 1.807) is 33.8 Å². The molecule has 9 heteroatoms. The summed E-state index contributed by atoms with van der Waals surface area (Å²) >= 11 is 0. The first-order valence-corrected chi connectivity index (χ1v) is 14.7. The summed E-state index contributed by atoms with van der Waals surface area (Å²) < 4.78 is 4.91. The van der Waals surface area contributed by atoms with Gasteiger partial charge in [0.25, 0.3) is 0 Å². The summed E-state index contributed by atoms with van der Waals surface area (Å²) in [5.41, 5.74) is -3.32. The van der Waals surface area contributed by atoms with E-state index >= 15 is 0 Å². The van der Waals surface area contributed by atoms with Gasteiger partial charge in [-0.2, -0.15) is 0 Å². The van der Waals surface area contributed by atoms with Crippen LogP contribution in [0, 0.1) is 22.7 Å². The van der Waals surface area contributed by atoms with Gasteiger partial charge in [0.2, 0.25) is 5.78 Å². The zero-order chi connectivity index (χ0) is 32.5. The molecule has 2 aromatic carbocycles. The third kappa shape index (κ3) is 4.28. The lowest BCUT2D eigenvalue weighted by Crippen LogP contribution is -2.67. The smallest absolute Gasteiger partial charge is 0.209 e. The molecule has 4 N–H and O–H groups in total. The van der Waals surface area contributed by atoms with Crippen LogP contribution < -0.4 is 0 Å². The SMILES string of the molecule is COCC(=O)Cc1ccc(-c2ccc(O)c3c2C[C@]2(C)C[C@]4(C)C(C(C)C)C(O)=C(C(C)=O)C(=O)[C@]4(O)C(O)=C2C3=O)cc1. The molecule has 0 radical (unpaired) electrons. The first kappa shape index (κ1) is 31.3. The molecule has 44 heavy (non-hydrogen) atoms. The Bertz CT molecular complexity index is 1680. The fraction of sp³-hybridized carbons (Fsp3) is 0.429. The van der Waals surface area contributed by atoms with Gasteiger partial charge >= 0.3 is 0 Å². The van der Waals surface area contributed by atoms with E-state index in [1.165, 1.54) is 13.2 Å². The van der Waals surface area contributed by atoms with Crippen molar-refractivity contribution in [3.8, 4) is 16.9 Å². The molecule has 2 aromatic rings. The number of Topliss-reactive ketones (excluding diaryl/α,β-unsaturated/α-hetero) is 4. The highest BCUT2D eigenvalue weighted by atomic mass is 16.5. The van der Waals surface area contributed by atoms with Gasteiger partial charge < -0.3 is 25.2 Å². The molecule has 0 aromatic heterocycles. The van der Waals surface area contributed by atoms with Crippen LogP contribution in [0.3, 0.4) is 0 Å². The standard InChI is InChI=1S/C35H38O9/c1-17(2)27-29(39)25(18(3)36)31(41)35(43)32(42)28-30(40)26-23(14-33(28,4)16-34(27,35)5)22(11-12-24(26)38)20-9-7-19(8-10-20)13-21(37)15-44-6/h7-12,17,27,38-39,42-43H,13-16H2,1-6H3/t27?,33-,34-,35+/m1/s1. The number of carbonyl (C=O) groups excluding carboxylic acids is 4. The minimum Gasteiger partial charge on any atom is -0.511 e. The molecule has 1 unspecified atom stereocenters. The Labute approximate surface area is 255 Å². The zero-order valence-electron chi connectivity index (χ0n) is 25.8. The van der Waals surface area contributed by atoms with Crippen LogP contribution in [0.15, 0.2) is 59.1 Å². The quantitative estimate of drug-likeness (QED) is 0.328. The van der Waals surface area contributed by atoms with Crippen molar-refractivity contribution >= 4 is 23.1 Å². The van der Waals surface area contributed by atoms with Crippen LogP contribution in [-0.2, 0) is 32.0 Å². The highest BCUT2D eigenvalue weighted by Gasteiger charge is 2.71. The third-order valence-electron chi connectivity index (χ3n) is 9.86. The molecule has 0 spiro atoms. The maximum absolute atomic E-state index is 14.3. The molecule has 0 amide bonds. The van der Waals surface area contributed by atoms with E-state index in [4.69, 9.17) is 4.74 Å². The van der Waals surface area contributed by atoms with E-state index < -0.39 is 56.8 Å². The minimum absolute atomic E-state index is 0.0115. The molecule has 3 aliphatic carbocycles. The number of ether oxygens (including phenoxy) is 1. The predicted octanol–water partition coefficient (Wildman–Crippen LogP) is 4.77. The van der Waals surface area contributed by atoms with Crippen molar-refractivity contribution in [2.24, 2.45) is 22.7 Å². The highest BCUT2D eigenvalue weighted by molar-refractivity contribution is 6.25. The Morgan fingerprint density at radius 1 is 1.02 bits per heavy atom. The third-order valence-corrected chi connectivity index (χ3v) is 9.86. The first-order chi connectivity index (χ1) is 20.5. The molecule has 0 aliphatic heterocycles. The summed E-state index contributed by atoms with van der Waals surface area (Å²) in [5, 5.41) is 46.2. The summed E-state index contributed by atoms with van der Waals surface area (Å²) in [5.74, 6) is -5.51. The molecule has 0 fully saturated rings. The molecule has 4 atom stereocenters. The molecule has 9 nitrogen and oxygen atoms in total. The fourth-order valence-electron chi connectivity index (χ4n) is 8.24. The molecule has 232 valence electrons. The van der Waals surface area contributed by atoms with Gasteiger partial charge in [-0.05, 0) is 54.0 Å². The monoisotopic (exact) mass is 602 g/mol. The topological polar surface area (TPSA) is 158 Å². The number of hydrogen-bond donors (Lipinski definition) is 4. The van der Waals surface area contributed by atoms with Gasteiger partial charge in [0, 0.05) is 35.9 Å².